The van der Waals surface area contributed by atoms with E-state index in [-0.39, 0.29) is 23.1 Å². The predicted molar refractivity (Wildman–Crippen MR) is 123 cm³/mol. The minimum atomic E-state index is -0.472. The fourth-order valence-electron chi connectivity index (χ4n) is 2.74. The standard InChI is InChI=1S/C21H19N3O4S2/c1-3-28-20(25)15-12-18(14-7-5-4-6-8-14)30-19(15)23-21(29)22-16-10-9-13(2)11-17(16)24(26)27/h4-12H,3H2,1-2H3,(H2,22,23,29). The van der Waals surface area contributed by atoms with Crippen LogP contribution in [0.5, 0.6) is 0 Å². The van der Waals surface area contributed by atoms with E-state index < -0.39 is 10.9 Å². The molecule has 0 fully saturated rings. The van der Waals surface area contributed by atoms with Gasteiger partial charge in [0.05, 0.1) is 17.1 Å². The molecule has 30 heavy (non-hydrogen) atoms. The molecule has 2 aromatic carbocycles. The molecule has 0 atom stereocenters. The van der Waals surface area contributed by atoms with Crippen molar-refractivity contribution >= 4 is 51.0 Å². The molecule has 3 aromatic rings. The molecular formula is C21H19N3O4S2. The third-order valence-corrected chi connectivity index (χ3v) is 5.41. The number of carbonyl (C=O) groups excluding carboxylic acids is 1. The molecular weight excluding hydrogens is 422 g/mol. The highest BCUT2D eigenvalue weighted by Gasteiger charge is 2.20. The summed E-state index contributed by atoms with van der Waals surface area (Å²) in [7, 11) is 0. The van der Waals surface area contributed by atoms with Crippen molar-refractivity contribution in [2.24, 2.45) is 0 Å². The molecule has 3 rings (SSSR count). The van der Waals surface area contributed by atoms with Crippen LogP contribution < -0.4 is 10.6 Å². The summed E-state index contributed by atoms with van der Waals surface area (Å²) in [5.41, 5.74) is 2.25. The Morgan fingerprint density at radius 1 is 1.17 bits per heavy atom. The van der Waals surface area contributed by atoms with Gasteiger partial charge in [0, 0.05) is 10.9 Å². The number of benzene rings is 2. The molecule has 9 heteroatoms. The first-order valence-corrected chi connectivity index (χ1v) is 10.3. The molecule has 0 aliphatic carbocycles. The zero-order valence-corrected chi connectivity index (χ0v) is 17.9. The number of aryl methyl sites for hydroxylation is 1. The van der Waals surface area contributed by atoms with Gasteiger partial charge in [-0.2, -0.15) is 0 Å². The Bertz CT molecular complexity index is 1100. The van der Waals surface area contributed by atoms with Crippen LogP contribution in [-0.2, 0) is 4.74 Å². The maximum Gasteiger partial charge on any atom is 0.341 e. The Labute approximate surface area is 182 Å². The third kappa shape index (κ3) is 5.00. The Kier molecular flexibility index (Phi) is 6.76. The highest BCUT2D eigenvalue weighted by atomic mass is 32.1. The van der Waals surface area contributed by atoms with Crippen LogP contribution in [0.4, 0.5) is 16.4 Å². The van der Waals surface area contributed by atoms with Crippen molar-refractivity contribution in [1.82, 2.24) is 0 Å². The lowest BCUT2D eigenvalue weighted by Gasteiger charge is -2.11. The number of thiocarbonyl (C=S) groups is 1. The summed E-state index contributed by atoms with van der Waals surface area (Å²) in [6, 6.07) is 16.2. The summed E-state index contributed by atoms with van der Waals surface area (Å²) < 4.78 is 5.16. The number of thiophene rings is 1. The van der Waals surface area contributed by atoms with Gasteiger partial charge in [-0.05, 0) is 49.3 Å². The second kappa shape index (κ2) is 9.47. The van der Waals surface area contributed by atoms with Crippen molar-refractivity contribution in [2.45, 2.75) is 13.8 Å². The summed E-state index contributed by atoms with van der Waals surface area (Å²) >= 11 is 6.69. The molecule has 0 aliphatic heterocycles. The molecule has 1 aromatic heterocycles. The summed E-state index contributed by atoms with van der Waals surface area (Å²) in [5.74, 6) is -0.470. The summed E-state index contributed by atoms with van der Waals surface area (Å²) in [5, 5.41) is 17.8. The second-order valence-electron chi connectivity index (χ2n) is 6.30. The first kappa shape index (κ1) is 21.4. The number of hydrogen-bond acceptors (Lipinski definition) is 6. The van der Waals surface area contributed by atoms with E-state index in [0.29, 0.717) is 10.6 Å². The average Bonchev–Trinajstić information content (AvgIpc) is 3.14. The van der Waals surface area contributed by atoms with Crippen molar-refractivity contribution in [3.8, 4) is 10.4 Å². The number of nitrogens with zero attached hydrogens (tertiary/aromatic N) is 1. The van der Waals surface area contributed by atoms with Crippen molar-refractivity contribution in [3.63, 3.8) is 0 Å². The lowest BCUT2D eigenvalue weighted by molar-refractivity contribution is -0.383. The fourth-order valence-corrected chi connectivity index (χ4v) is 4.08. The van der Waals surface area contributed by atoms with E-state index in [1.54, 1.807) is 32.0 Å². The van der Waals surface area contributed by atoms with Gasteiger partial charge in [0.15, 0.2) is 5.11 Å². The first-order valence-electron chi connectivity index (χ1n) is 9.08. The SMILES string of the molecule is CCOC(=O)c1cc(-c2ccccc2)sc1NC(=S)Nc1ccc(C)cc1[N+](=O)[O-]. The molecule has 0 aliphatic rings. The number of anilines is 2. The van der Waals surface area contributed by atoms with E-state index in [1.165, 1.54) is 17.4 Å². The van der Waals surface area contributed by atoms with Gasteiger partial charge in [-0.3, -0.25) is 10.1 Å². The van der Waals surface area contributed by atoms with E-state index >= 15 is 0 Å². The number of nitro benzene ring substituents is 1. The predicted octanol–water partition coefficient (Wildman–Crippen LogP) is 5.62. The smallest absolute Gasteiger partial charge is 0.341 e. The van der Waals surface area contributed by atoms with E-state index in [4.69, 9.17) is 17.0 Å². The Morgan fingerprint density at radius 3 is 2.57 bits per heavy atom. The number of nitrogens with one attached hydrogen (secondary N) is 2. The molecule has 0 amide bonds. The maximum atomic E-state index is 12.4. The number of esters is 1. The molecule has 0 saturated carbocycles. The van der Waals surface area contributed by atoms with Crippen molar-refractivity contribution in [1.29, 1.82) is 0 Å². The monoisotopic (exact) mass is 441 g/mol. The van der Waals surface area contributed by atoms with Crippen LogP contribution in [0.1, 0.15) is 22.8 Å². The zero-order chi connectivity index (χ0) is 21.7. The van der Waals surface area contributed by atoms with Gasteiger partial charge in [0.1, 0.15) is 10.7 Å². The molecule has 0 radical (unpaired) electrons. The second-order valence-corrected chi connectivity index (χ2v) is 7.76. The lowest BCUT2D eigenvalue weighted by Crippen LogP contribution is -2.20. The van der Waals surface area contributed by atoms with Gasteiger partial charge in [-0.15, -0.1) is 11.3 Å². The van der Waals surface area contributed by atoms with E-state index in [0.717, 1.165) is 16.0 Å². The highest BCUT2D eigenvalue weighted by Crippen LogP contribution is 2.36. The van der Waals surface area contributed by atoms with Crippen LogP contribution in [0.3, 0.4) is 0 Å². The quantitative estimate of drug-likeness (QED) is 0.222. The van der Waals surface area contributed by atoms with Gasteiger partial charge in [-0.25, -0.2) is 4.79 Å². The Morgan fingerprint density at radius 2 is 1.90 bits per heavy atom. The fraction of sp³-hybridized carbons (Fsp3) is 0.143. The molecule has 0 unspecified atom stereocenters. The largest absolute Gasteiger partial charge is 0.462 e. The number of carbonyl (C=O) groups is 1. The van der Waals surface area contributed by atoms with Crippen LogP contribution >= 0.6 is 23.6 Å². The highest BCUT2D eigenvalue weighted by molar-refractivity contribution is 7.80. The van der Waals surface area contributed by atoms with Gasteiger partial charge in [-0.1, -0.05) is 36.4 Å². The van der Waals surface area contributed by atoms with Crippen LogP contribution in [0.25, 0.3) is 10.4 Å². The Hall–Kier alpha value is -3.30. The Balaban J connectivity index is 1.88. The minimum Gasteiger partial charge on any atom is -0.462 e. The van der Waals surface area contributed by atoms with E-state index in [1.807, 2.05) is 30.3 Å². The van der Waals surface area contributed by atoms with Crippen LogP contribution in [0, 0.1) is 17.0 Å². The van der Waals surface area contributed by atoms with Crippen molar-refractivity contribution < 1.29 is 14.5 Å². The van der Waals surface area contributed by atoms with Crippen molar-refractivity contribution in [3.05, 3.63) is 75.8 Å². The van der Waals surface area contributed by atoms with Gasteiger partial charge in [0.25, 0.3) is 5.69 Å². The minimum absolute atomic E-state index is 0.0825. The number of ether oxygens (including phenoxy) is 1. The summed E-state index contributed by atoms with van der Waals surface area (Å²) in [4.78, 5) is 24.1. The van der Waals surface area contributed by atoms with Crippen LogP contribution in [0.2, 0.25) is 0 Å². The maximum absolute atomic E-state index is 12.4. The topological polar surface area (TPSA) is 93.5 Å². The zero-order valence-electron chi connectivity index (χ0n) is 16.3. The normalized spacial score (nSPS) is 10.3. The molecule has 154 valence electrons. The third-order valence-electron chi connectivity index (χ3n) is 4.11. The average molecular weight is 442 g/mol. The van der Waals surface area contributed by atoms with Crippen molar-refractivity contribution in [2.75, 3.05) is 17.2 Å². The van der Waals surface area contributed by atoms with E-state index in [2.05, 4.69) is 10.6 Å². The summed E-state index contributed by atoms with van der Waals surface area (Å²) in [6.45, 7) is 3.75. The lowest BCUT2D eigenvalue weighted by atomic mass is 10.1. The molecule has 7 nitrogen and oxygen atoms in total. The van der Waals surface area contributed by atoms with Gasteiger partial charge in [0.2, 0.25) is 0 Å². The number of rotatable bonds is 6. The molecule has 0 bridgehead atoms. The number of nitro groups is 1. The number of hydrogen-bond donors (Lipinski definition) is 2. The van der Waals surface area contributed by atoms with Gasteiger partial charge >= 0.3 is 5.97 Å². The summed E-state index contributed by atoms with van der Waals surface area (Å²) in [6.07, 6.45) is 0. The molecule has 0 saturated heterocycles. The van der Waals surface area contributed by atoms with Crippen LogP contribution in [-0.4, -0.2) is 22.6 Å². The molecule has 2 N–H and O–H groups in total. The molecule has 0 spiro atoms. The van der Waals surface area contributed by atoms with Crippen LogP contribution in [0.15, 0.2) is 54.6 Å². The van der Waals surface area contributed by atoms with E-state index in [9.17, 15) is 14.9 Å². The first-order chi connectivity index (χ1) is 14.4. The molecule has 1 heterocycles. The van der Waals surface area contributed by atoms with Gasteiger partial charge < -0.3 is 15.4 Å².